The molecular weight excluding hydrogens is 300 g/mol. The van der Waals surface area contributed by atoms with Crippen LogP contribution in [0.4, 0.5) is 4.79 Å². The molecule has 6 heteroatoms. The summed E-state index contributed by atoms with van der Waals surface area (Å²) in [5, 5.41) is 3.59. The molecule has 0 fully saturated rings. The molecule has 2 amide bonds. The number of urea groups is 1. The van der Waals surface area contributed by atoms with E-state index in [2.05, 4.69) is 28.3 Å². The first-order valence-corrected chi connectivity index (χ1v) is 7.90. The molecule has 0 spiro atoms. The van der Waals surface area contributed by atoms with Crippen molar-refractivity contribution in [2.24, 2.45) is 0 Å². The fourth-order valence-electron chi connectivity index (χ4n) is 2.73. The summed E-state index contributed by atoms with van der Waals surface area (Å²) in [6, 6.07) is 5.65. The highest BCUT2D eigenvalue weighted by atomic mass is 35.5. The molecule has 2 heterocycles. The summed E-state index contributed by atoms with van der Waals surface area (Å²) in [4.78, 5) is 21.8. The Bertz CT molecular complexity index is 709. The molecule has 22 heavy (non-hydrogen) atoms. The summed E-state index contributed by atoms with van der Waals surface area (Å²) in [5.41, 5.74) is 1.73. The van der Waals surface area contributed by atoms with Crippen LogP contribution < -0.4 is 5.32 Å². The molecule has 0 saturated carbocycles. The molecule has 2 aromatic rings. The molecule has 1 aliphatic heterocycles. The van der Waals surface area contributed by atoms with Crippen LogP contribution in [-0.4, -0.2) is 33.5 Å². The van der Waals surface area contributed by atoms with Gasteiger partial charge in [0.05, 0.1) is 23.6 Å². The van der Waals surface area contributed by atoms with Crippen molar-refractivity contribution in [3.8, 4) is 0 Å². The Balaban J connectivity index is 1.62. The van der Waals surface area contributed by atoms with Crippen LogP contribution in [-0.2, 0) is 6.54 Å². The van der Waals surface area contributed by atoms with Gasteiger partial charge in [0.15, 0.2) is 0 Å². The summed E-state index contributed by atoms with van der Waals surface area (Å²) in [6.45, 7) is 3.18. The lowest BCUT2D eigenvalue weighted by molar-refractivity contribution is 0.194. The maximum atomic E-state index is 12.3. The number of hydrogen-bond donors (Lipinski definition) is 2. The van der Waals surface area contributed by atoms with E-state index in [1.807, 2.05) is 23.1 Å². The highest BCUT2D eigenvalue weighted by Gasteiger charge is 2.23. The number of benzene rings is 1. The third-order valence-electron chi connectivity index (χ3n) is 3.81. The molecule has 0 radical (unpaired) electrons. The molecule has 1 aromatic carbocycles. The summed E-state index contributed by atoms with van der Waals surface area (Å²) >= 11 is 5.96. The zero-order valence-electron chi connectivity index (χ0n) is 12.5. The van der Waals surface area contributed by atoms with Crippen molar-refractivity contribution in [1.82, 2.24) is 20.2 Å². The second-order valence-corrected chi connectivity index (χ2v) is 5.88. The lowest BCUT2D eigenvalue weighted by atomic mass is 10.2. The SMILES string of the molecule is CCCC1C=CCN1C(=O)NCc1nc2ccc(Cl)cc2[nH]1. The molecule has 2 N–H and O–H groups in total. The van der Waals surface area contributed by atoms with E-state index in [-0.39, 0.29) is 12.1 Å². The monoisotopic (exact) mass is 318 g/mol. The van der Waals surface area contributed by atoms with Gasteiger partial charge in [-0.15, -0.1) is 0 Å². The number of aromatic amines is 1. The average Bonchev–Trinajstić information content (AvgIpc) is 3.11. The van der Waals surface area contributed by atoms with Gasteiger partial charge in [-0.05, 0) is 24.6 Å². The molecule has 0 aliphatic carbocycles. The fraction of sp³-hybridized carbons (Fsp3) is 0.375. The first-order chi connectivity index (χ1) is 10.7. The zero-order chi connectivity index (χ0) is 15.5. The van der Waals surface area contributed by atoms with Crippen LogP contribution in [0.25, 0.3) is 11.0 Å². The van der Waals surface area contributed by atoms with Crippen LogP contribution in [0.2, 0.25) is 5.02 Å². The standard InChI is InChI=1S/C16H19ClN4O/c1-2-4-12-5-3-8-21(12)16(22)18-10-15-19-13-7-6-11(17)9-14(13)20-15/h3,5-7,9,12H,2,4,8,10H2,1H3,(H,18,22)(H,19,20). The van der Waals surface area contributed by atoms with Crippen LogP contribution in [0.3, 0.4) is 0 Å². The van der Waals surface area contributed by atoms with Crippen LogP contribution in [0.1, 0.15) is 25.6 Å². The minimum atomic E-state index is -0.0538. The number of rotatable bonds is 4. The maximum absolute atomic E-state index is 12.3. The number of fused-ring (bicyclic) bond motifs is 1. The molecular formula is C16H19ClN4O. The second kappa shape index (κ2) is 6.40. The van der Waals surface area contributed by atoms with Crippen molar-refractivity contribution in [3.05, 3.63) is 41.2 Å². The number of hydrogen-bond acceptors (Lipinski definition) is 2. The van der Waals surface area contributed by atoms with Crippen molar-refractivity contribution in [3.63, 3.8) is 0 Å². The van der Waals surface area contributed by atoms with Crippen LogP contribution in [0.15, 0.2) is 30.4 Å². The number of imidazole rings is 1. The van der Waals surface area contributed by atoms with E-state index in [4.69, 9.17) is 11.6 Å². The molecule has 1 aliphatic rings. The average molecular weight is 319 g/mol. The Morgan fingerprint density at radius 1 is 1.55 bits per heavy atom. The minimum absolute atomic E-state index is 0.0538. The molecule has 116 valence electrons. The van der Waals surface area contributed by atoms with Gasteiger partial charge < -0.3 is 15.2 Å². The van der Waals surface area contributed by atoms with Gasteiger partial charge in [-0.3, -0.25) is 0 Å². The Labute approximate surface area is 134 Å². The van der Waals surface area contributed by atoms with Gasteiger partial charge in [-0.25, -0.2) is 9.78 Å². The number of aromatic nitrogens is 2. The second-order valence-electron chi connectivity index (χ2n) is 5.44. The lowest BCUT2D eigenvalue weighted by Crippen LogP contribution is -2.43. The summed E-state index contributed by atoms with van der Waals surface area (Å²) in [5.74, 6) is 0.727. The molecule has 3 rings (SSSR count). The minimum Gasteiger partial charge on any atom is -0.340 e. The van der Waals surface area contributed by atoms with Crippen molar-refractivity contribution >= 4 is 28.7 Å². The molecule has 5 nitrogen and oxygen atoms in total. The number of nitrogens with zero attached hydrogens (tertiary/aromatic N) is 2. The normalized spacial score (nSPS) is 17.4. The summed E-state index contributed by atoms with van der Waals surface area (Å²) in [7, 11) is 0. The van der Waals surface area contributed by atoms with Gasteiger partial charge in [0, 0.05) is 11.6 Å². The van der Waals surface area contributed by atoms with Crippen molar-refractivity contribution in [2.75, 3.05) is 6.54 Å². The van der Waals surface area contributed by atoms with Crippen LogP contribution in [0, 0.1) is 0 Å². The molecule has 0 saturated heterocycles. The van der Waals surface area contributed by atoms with E-state index < -0.39 is 0 Å². The number of carbonyl (C=O) groups is 1. The topological polar surface area (TPSA) is 61.0 Å². The lowest BCUT2D eigenvalue weighted by Gasteiger charge is -2.24. The predicted molar refractivity (Wildman–Crippen MR) is 87.9 cm³/mol. The van der Waals surface area contributed by atoms with E-state index in [1.54, 1.807) is 6.07 Å². The summed E-state index contributed by atoms with van der Waals surface area (Å²) in [6.07, 6.45) is 6.20. The number of amides is 2. The smallest absolute Gasteiger partial charge is 0.318 e. The Hall–Kier alpha value is -2.01. The van der Waals surface area contributed by atoms with Gasteiger partial charge in [0.1, 0.15) is 5.82 Å². The van der Waals surface area contributed by atoms with Gasteiger partial charge >= 0.3 is 6.03 Å². The maximum Gasteiger partial charge on any atom is 0.318 e. The Morgan fingerprint density at radius 2 is 2.41 bits per heavy atom. The van der Waals surface area contributed by atoms with Gasteiger partial charge in [-0.2, -0.15) is 0 Å². The van der Waals surface area contributed by atoms with Crippen LogP contribution in [0.5, 0.6) is 0 Å². The van der Waals surface area contributed by atoms with E-state index in [9.17, 15) is 4.79 Å². The number of H-pyrrole nitrogens is 1. The quantitative estimate of drug-likeness (QED) is 0.848. The Kier molecular flexibility index (Phi) is 4.34. The van der Waals surface area contributed by atoms with Gasteiger partial charge in [0.2, 0.25) is 0 Å². The van der Waals surface area contributed by atoms with Crippen molar-refractivity contribution in [2.45, 2.75) is 32.4 Å². The van der Waals surface area contributed by atoms with E-state index >= 15 is 0 Å². The number of carbonyl (C=O) groups excluding carboxylic acids is 1. The third-order valence-corrected chi connectivity index (χ3v) is 4.04. The number of halogens is 1. The predicted octanol–water partition coefficient (Wildman–Crippen LogP) is 3.47. The van der Waals surface area contributed by atoms with E-state index in [1.165, 1.54) is 0 Å². The van der Waals surface area contributed by atoms with E-state index in [0.717, 1.165) is 29.7 Å². The van der Waals surface area contributed by atoms with Gasteiger partial charge in [0.25, 0.3) is 0 Å². The molecule has 1 atom stereocenters. The van der Waals surface area contributed by atoms with Crippen molar-refractivity contribution < 1.29 is 4.79 Å². The third kappa shape index (κ3) is 3.09. The largest absolute Gasteiger partial charge is 0.340 e. The highest BCUT2D eigenvalue weighted by molar-refractivity contribution is 6.31. The summed E-state index contributed by atoms with van der Waals surface area (Å²) < 4.78 is 0. The first-order valence-electron chi connectivity index (χ1n) is 7.52. The van der Waals surface area contributed by atoms with E-state index in [0.29, 0.717) is 18.1 Å². The first kappa shape index (κ1) is 14.9. The molecule has 1 unspecified atom stereocenters. The Morgan fingerprint density at radius 3 is 3.23 bits per heavy atom. The zero-order valence-corrected chi connectivity index (χ0v) is 13.2. The van der Waals surface area contributed by atoms with Gasteiger partial charge in [-0.1, -0.05) is 37.1 Å². The fourth-order valence-corrected chi connectivity index (χ4v) is 2.90. The molecule has 1 aromatic heterocycles. The van der Waals surface area contributed by atoms with Crippen LogP contribution >= 0.6 is 11.6 Å². The number of nitrogens with one attached hydrogen (secondary N) is 2. The highest BCUT2D eigenvalue weighted by Crippen LogP contribution is 2.18. The molecule has 0 bridgehead atoms. The van der Waals surface area contributed by atoms with Crippen molar-refractivity contribution in [1.29, 1.82) is 0 Å².